The fourth-order valence-electron chi connectivity index (χ4n) is 1.32. The Morgan fingerprint density at radius 2 is 2.07 bits per heavy atom. The van der Waals surface area contributed by atoms with Crippen LogP contribution in [0.5, 0.6) is 0 Å². The van der Waals surface area contributed by atoms with Crippen LogP contribution in [0.25, 0.3) is 5.69 Å². The van der Waals surface area contributed by atoms with Crippen molar-refractivity contribution in [3.8, 4) is 5.69 Å². The molecule has 2 heterocycles. The van der Waals surface area contributed by atoms with E-state index >= 15 is 0 Å². The summed E-state index contributed by atoms with van der Waals surface area (Å²) < 4.78 is 1.70. The Bertz CT molecular complexity index is 464. The minimum absolute atomic E-state index is 0.346. The van der Waals surface area contributed by atoms with Crippen LogP contribution in [-0.4, -0.2) is 19.7 Å². The van der Waals surface area contributed by atoms with Crippen molar-refractivity contribution in [2.75, 3.05) is 0 Å². The fraction of sp³-hybridized carbons (Fsp3) is 0.222. The molecule has 4 nitrogen and oxygen atoms in total. The van der Waals surface area contributed by atoms with Gasteiger partial charge in [-0.3, -0.25) is 9.55 Å². The van der Waals surface area contributed by atoms with E-state index in [0.717, 1.165) is 17.1 Å². The van der Waals surface area contributed by atoms with Gasteiger partial charge in [-0.05, 0) is 37.6 Å². The van der Waals surface area contributed by atoms with E-state index in [-0.39, 0.29) is 0 Å². The highest BCUT2D eigenvalue weighted by atomic mass is 35.5. The first-order chi connectivity index (χ1) is 6.68. The summed E-state index contributed by atoms with van der Waals surface area (Å²) in [7, 11) is 0. The van der Waals surface area contributed by atoms with E-state index < -0.39 is 0 Å². The molecule has 0 radical (unpaired) electrons. The van der Waals surface area contributed by atoms with Crippen LogP contribution in [0.2, 0.25) is 5.28 Å². The lowest BCUT2D eigenvalue weighted by Gasteiger charge is -2.06. The number of pyridine rings is 1. The van der Waals surface area contributed by atoms with E-state index in [2.05, 4.69) is 15.2 Å². The predicted octanol–water partition coefficient (Wildman–Crippen LogP) is 1.93. The normalized spacial score (nSPS) is 10.5. The van der Waals surface area contributed by atoms with Gasteiger partial charge in [0.05, 0.1) is 11.4 Å². The van der Waals surface area contributed by atoms with Crippen LogP contribution >= 0.6 is 11.6 Å². The molecular weight excluding hydrogens is 200 g/mol. The van der Waals surface area contributed by atoms with Gasteiger partial charge in [0.15, 0.2) is 0 Å². The maximum absolute atomic E-state index is 5.85. The largest absolute Gasteiger partial charge is 0.271 e. The summed E-state index contributed by atoms with van der Waals surface area (Å²) in [6.07, 6.45) is 1.57. The number of aromatic nitrogens is 4. The third-order valence-electron chi connectivity index (χ3n) is 1.96. The Kier molecular flexibility index (Phi) is 2.21. The molecular formula is C9H9ClN4. The summed E-state index contributed by atoms with van der Waals surface area (Å²) in [6.45, 7) is 3.88. The SMILES string of the molecule is Cc1ccc(-n2cnnc2Cl)c(C)n1. The fourth-order valence-corrected chi connectivity index (χ4v) is 1.49. The minimum Gasteiger partial charge on any atom is -0.271 e. The topological polar surface area (TPSA) is 43.6 Å². The Labute approximate surface area is 86.6 Å². The third-order valence-corrected chi connectivity index (χ3v) is 2.22. The number of aryl methyl sites for hydroxylation is 2. The molecule has 0 aliphatic carbocycles. The van der Waals surface area contributed by atoms with E-state index in [1.54, 1.807) is 10.9 Å². The molecule has 0 unspecified atom stereocenters. The lowest BCUT2D eigenvalue weighted by Crippen LogP contribution is -1.98. The van der Waals surface area contributed by atoms with E-state index in [9.17, 15) is 0 Å². The average molecular weight is 209 g/mol. The molecule has 0 bridgehead atoms. The molecule has 0 atom stereocenters. The summed E-state index contributed by atoms with van der Waals surface area (Å²) in [5.74, 6) is 0. The second-order valence-corrected chi connectivity index (χ2v) is 3.37. The predicted molar refractivity (Wildman–Crippen MR) is 53.6 cm³/mol. The molecule has 0 N–H and O–H groups in total. The zero-order chi connectivity index (χ0) is 10.1. The molecule has 2 aromatic heterocycles. The first kappa shape index (κ1) is 9.15. The highest BCUT2D eigenvalue weighted by Crippen LogP contribution is 2.16. The molecule has 0 aliphatic rings. The molecule has 5 heteroatoms. The van der Waals surface area contributed by atoms with Gasteiger partial charge in [0.1, 0.15) is 6.33 Å². The van der Waals surface area contributed by atoms with Crippen molar-refractivity contribution in [2.24, 2.45) is 0 Å². The second kappa shape index (κ2) is 3.38. The molecule has 0 aromatic carbocycles. The van der Waals surface area contributed by atoms with Crippen molar-refractivity contribution in [3.63, 3.8) is 0 Å². The number of hydrogen-bond acceptors (Lipinski definition) is 3. The smallest absolute Gasteiger partial charge is 0.229 e. The molecule has 72 valence electrons. The van der Waals surface area contributed by atoms with Gasteiger partial charge in [0.25, 0.3) is 0 Å². The molecule has 14 heavy (non-hydrogen) atoms. The van der Waals surface area contributed by atoms with Gasteiger partial charge in [-0.15, -0.1) is 10.2 Å². The van der Waals surface area contributed by atoms with E-state index in [4.69, 9.17) is 11.6 Å². The highest BCUT2D eigenvalue weighted by Gasteiger charge is 2.06. The Morgan fingerprint density at radius 1 is 1.29 bits per heavy atom. The number of nitrogens with zero attached hydrogens (tertiary/aromatic N) is 4. The Morgan fingerprint density at radius 3 is 2.64 bits per heavy atom. The summed E-state index contributed by atoms with van der Waals surface area (Å²) in [4.78, 5) is 4.34. The quantitative estimate of drug-likeness (QED) is 0.719. The van der Waals surface area contributed by atoms with Crippen molar-refractivity contribution in [2.45, 2.75) is 13.8 Å². The first-order valence-corrected chi connectivity index (χ1v) is 4.56. The van der Waals surface area contributed by atoms with E-state index in [0.29, 0.717) is 5.28 Å². The van der Waals surface area contributed by atoms with Gasteiger partial charge in [0.2, 0.25) is 5.28 Å². The van der Waals surface area contributed by atoms with E-state index in [1.807, 2.05) is 26.0 Å². The van der Waals surface area contributed by atoms with Crippen LogP contribution in [0.3, 0.4) is 0 Å². The molecule has 0 saturated carbocycles. The minimum atomic E-state index is 0.346. The standard InChI is InChI=1S/C9H9ClN4/c1-6-3-4-8(7(2)12-6)14-5-11-13-9(14)10/h3-5H,1-2H3. The van der Waals surface area contributed by atoms with Crippen LogP contribution in [0.1, 0.15) is 11.4 Å². The number of halogens is 1. The molecule has 2 rings (SSSR count). The molecule has 0 aliphatic heterocycles. The molecule has 0 amide bonds. The lowest BCUT2D eigenvalue weighted by molar-refractivity contribution is 0.990. The van der Waals surface area contributed by atoms with Gasteiger partial charge in [-0.2, -0.15) is 0 Å². The van der Waals surface area contributed by atoms with Gasteiger partial charge in [0, 0.05) is 5.69 Å². The first-order valence-electron chi connectivity index (χ1n) is 4.18. The molecule has 2 aromatic rings. The van der Waals surface area contributed by atoms with Crippen LogP contribution in [0, 0.1) is 13.8 Å². The van der Waals surface area contributed by atoms with Crippen LogP contribution < -0.4 is 0 Å². The highest BCUT2D eigenvalue weighted by molar-refractivity contribution is 6.28. The monoisotopic (exact) mass is 208 g/mol. The van der Waals surface area contributed by atoms with Gasteiger partial charge >= 0.3 is 0 Å². The van der Waals surface area contributed by atoms with Crippen LogP contribution in [0.15, 0.2) is 18.5 Å². The Hall–Kier alpha value is -1.42. The summed E-state index contributed by atoms with van der Waals surface area (Å²) in [6, 6.07) is 3.88. The van der Waals surface area contributed by atoms with Crippen molar-refractivity contribution in [1.29, 1.82) is 0 Å². The van der Waals surface area contributed by atoms with Crippen molar-refractivity contribution >= 4 is 11.6 Å². The molecule has 0 saturated heterocycles. The third kappa shape index (κ3) is 1.48. The second-order valence-electron chi connectivity index (χ2n) is 3.03. The Balaban J connectivity index is 2.58. The van der Waals surface area contributed by atoms with Gasteiger partial charge in [-0.1, -0.05) is 0 Å². The van der Waals surface area contributed by atoms with Crippen molar-refractivity contribution in [3.05, 3.63) is 35.1 Å². The van der Waals surface area contributed by atoms with Crippen LogP contribution in [0.4, 0.5) is 0 Å². The maximum atomic E-state index is 5.85. The zero-order valence-corrected chi connectivity index (χ0v) is 8.65. The summed E-state index contributed by atoms with van der Waals surface area (Å²) in [5.41, 5.74) is 2.80. The van der Waals surface area contributed by atoms with Gasteiger partial charge < -0.3 is 0 Å². The van der Waals surface area contributed by atoms with Gasteiger partial charge in [-0.25, -0.2) is 0 Å². The number of rotatable bonds is 1. The van der Waals surface area contributed by atoms with Crippen molar-refractivity contribution < 1.29 is 0 Å². The zero-order valence-electron chi connectivity index (χ0n) is 7.90. The molecule has 0 spiro atoms. The number of hydrogen-bond donors (Lipinski definition) is 0. The van der Waals surface area contributed by atoms with Crippen molar-refractivity contribution in [1.82, 2.24) is 19.7 Å². The average Bonchev–Trinajstić information content (AvgIpc) is 2.52. The lowest BCUT2D eigenvalue weighted by atomic mass is 10.3. The molecule has 0 fully saturated rings. The summed E-state index contributed by atoms with van der Waals surface area (Å²) in [5, 5.41) is 7.77. The summed E-state index contributed by atoms with van der Waals surface area (Å²) >= 11 is 5.85. The maximum Gasteiger partial charge on any atom is 0.229 e. The van der Waals surface area contributed by atoms with E-state index in [1.165, 1.54) is 0 Å². The van der Waals surface area contributed by atoms with Crippen LogP contribution in [-0.2, 0) is 0 Å².